The van der Waals surface area contributed by atoms with Crippen molar-refractivity contribution < 1.29 is 9.59 Å². The molecule has 0 saturated heterocycles. The van der Waals surface area contributed by atoms with Crippen LogP contribution in [0.25, 0.3) is 31.4 Å². The van der Waals surface area contributed by atoms with Crippen LogP contribution in [0.1, 0.15) is 6.92 Å². The molecule has 7 nitrogen and oxygen atoms in total. The number of benzene rings is 1. The summed E-state index contributed by atoms with van der Waals surface area (Å²) in [6.07, 6.45) is 1.27. The lowest BCUT2D eigenvalue weighted by molar-refractivity contribution is -0.138. The van der Waals surface area contributed by atoms with Crippen molar-refractivity contribution in [1.82, 2.24) is 15.0 Å². The van der Waals surface area contributed by atoms with E-state index in [1.165, 1.54) is 28.7 Å². The van der Waals surface area contributed by atoms with Crippen molar-refractivity contribution in [2.45, 2.75) is 6.92 Å². The van der Waals surface area contributed by atoms with Gasteiger partial charge < -0.3 is 0 Å². The molecule has 4 aromatic rings. The quantitative estimate of drug-likeness (QED) is 0.297. The maximum Gasteiger partial charge on any atom is 0.276 e. The number of aromatic nitrogens is 2. The Labute approximate surface area is 179 Å². The minimum Gasteiger partial charge on any atom is -0.267 e. The Morgan fingerprint density at radius 3 is 2.50 bits per heavy atom. The summed E-state index contributed by atoms with van der Waals surface area (Å²) in [5.74, 6) is 6.11. The van der Waals surface area contributed by atoms with Gasteiger partial charge in [-0.2, -0.15) is 10.1 Å². The van der Waals surface area contributed by atoms with Crippen molar-refractivity contribution in [3.8, 4) is 21.1 Å². The van der Waals surface area contributed by atoms with Gasteiger partial charge in [0.05, 0.1) is 10.3 Å². The van der Waals surface area contributed by atoms with Gasteiger partial charge in [0.2, 0.25) is 0 Å². The van der Waals surface area contributed by atoms with Crippen molar-refractivity contribution in [1.29, 1.82) is 0 Å². The fourth-order valence-corrected chi connectivity index (χ4v) is 4.90. The van der Waals surface area contributed by atoms with Gasteiger partial charge in [-0.1, -0.05) is 36.4 Å². The molecule has 0 radical (unpaired) electrons. The average Bonchev–Trinajstić information content (AvgIpc) is 3.47. The molecule has 0 atom stereocenters. The third-order valence-electron chi connectivity index (χ3n) is 4.68. The molecule has 5 rings (SSSR count). The molecular weight excluding hydrogens is 418 g/mol. The monoisotopic (exact) mass is 433 g/mol. The van der Waals surface area contributed by atoms with Gasteiger partial charge in [0.15, 0.2) is 11.6 Å². The van der Waals surface area contributed by atoms with Gasteiger partial charge in [0.25, 0.3) is 11.8 Å². The minimum atomic E-state index is -0.497. The molecule has 0 unspecified atom stereocenters. The van der Waals surface area contributed by atoms with Crippen LogP contribution in [0, 0.1) is 0 Å². The number of fused-ring (bicyclic) bond motifs is 1. The van der Waals surface area contributed by atoms with Crippen molar-refractivity contribution in [3.05, 3.63) is 65.6 Å². The number of thiophene rings is 2. The number of carbonyl (C=O) groups excluding carboxylic acids is 2. The molecule has 2 amide bonds. The van der Waals surface area contributed by atoms with Gasteiger partial charge in [-0.25, -0.2) is 15.8 Å². The largest absolute Gasteiger partial charge is 0.276 e. The first-order chi connectivity index (χ1) is 14.5. The predicted octanol–water partition coefficient (Wildman–Crippen LogP) is 4.00. The standard InChI is InChI=1S/C21H15N5O2S2/c1-12-10-17(27)25(21(12)28)26(22)19-14-11-16(13-6-3-2-4-7-13)30-20(14)24-18(23-19)15-8-5-9-29-15/h2-11H,22H2,1H3. The molecule has 1 aliphatic rings. The van der Waals surface area contributed by atoms with E-state index in [1.54, 1.807) is 6.92 Å². The topological polar surface area (TPSA) is 92.4 Å². The molecule has 3 aromatic heterocycles. The Balaban J connectivity index is 1.70. The first kappa shape index (κ1) is 18.6. The van der Waals surface area contributed by atoms with Gasteiger partial charge >= 0.3 is 0 Å². The Morgan fingerprint density at radius 1 is 1.03 bits per heavy atom. The Hall–Kier alpha value is -3.40. The lowest BCUT2D eigenvalue weighted by atomic mass is 10.2. The van der Waals surface area contributed by atoms with Crippen LogP contribution >= 0.6 is 22.7 Å². The molecule has 1 aromatic carbocycles. The van der Waals surface area contributed by atoms with E-state index >= 15 is 0 Å². The molecule has 148 valence electrons. The van der Waals surface area contributed by atoms with Crippen LogP contribution in [0.2, 0.25) is 0 Å². The molecule has 1 aliphatic heterocycles. The van der Waals surface area contributed by atoms with E-state index in [0.717, 1.165) is 30.3 Å². The summed E-state index contributed by atoms with van der Waals surface area (Å²) in [5, 5.41) is 4.54. The second-order valence-electron chi connectivity index (χ2n) is 6.67. The van der Waals surface area contributed by atoms with Gasteiger partial charge in [-0.05, 0) is 30.0 Å². The predicted molar refractivity (Wildman–Crippen MR) is 118 cm³/mol. The number of rotatable bonds is 4. The summed E-state index contributed by atoms with van der Waals surface area (Å²) < 4.78 is 0. The van der Waals surface area contributed by atoms with E-state index in [4.69, 9.17) is 10.8 Å². The average molecular weight is 434 g/mol. The summed E-state index contributed by atoms with van der Waals surface area (Å²) in [6.45, 7) is 1.58. The number of imide groups is 1. The van der Waals surface area contributed by atoms with Gasteiger partial charge in [-0.3, -0.25) is 9.59 Å². The number of anilines is 1. The number of hydrogen-bond acceptors (Lipinski definition) is 8. The second-order valence-corrected chi connectivity index (χ2v) is 8.65. The van der Waals surface area contributed by atoms with Crippen LogP contribution in [-0.4, -0.2) is 26.8 Å². The maximum absolute atomic E-state index is 12.5. The maximum atomic E-state index is 12.5. The summed E-state index contributed by atoms with van der Waals surface area (Å²) >= 11 is 3.01. The van der Waals surface area contributed by atoms with Crippen molar-refractivity contribution in [2.75, 3.05) is 5.12 Å². The smallest absolute Gasteiger partial charge is 0.267 e. The van der Waals surface area contributed by atoms with E-state index in [9.17, 15) is 9.59 Å². The molecule has 0 bridgehead atoms. The van der Waals surface area contributed by atoms with E-state index < -0.39 is 11.8 Å². The molecule has 2 N–H and O–H groups in total. The lowest BCUT2D eigenvalue weighted by Crippen LogP contribution is -2.52. The molecule has 0 spiro atoms. The molecule has 30 heavy (non-hydrogen) atoms. The Kier molecular flexibility index (Phi) is 4.43. The van der Waals surface area contributed by atoms with E-state index in [2.05, 4.69) is 4.98 Å². The molecule has 0 fully saturated rings. The molecule has 0 saturated carbocycles. The van der Waals surface area contributed by atoms with Crippen LogP contribution in [-0.2, 0) is 9.59 Å². The summed E-state index contributed by atoms with van der Waals surface area (Å²) in [6, 6.07) is 15.7. The molecule has 9 heteroatoms. The van der Waals surface area contributed by atoms with Crippen molar-refractivity contribution in [2.24, 2.45) is 5.84 Å². The highest BCUT2D eigenvalue weighted by molar-refractivity contribution is 7.22. The highest BCUT2D eigenvalue weighted by atomic mass is 32.1. The van der Waals surface area contributed by atoms with Crippen LogP contribution in [0.4, 0.5) is 5.82 Å². The van der Waals surface area contributed by atoms with E-state index in [1.807, 2.05) is 53.9 Å². The number of nitrogens with zero attached hydrogens (tertiary/aromatic N) is 4. The molecule has 0 aliphatic carbocycles. The van der Waals surface area contributed by atoms with Crippen LogP contribution in [0.5, 0.6) is 0 Å². The van der Waals surface area contributed by atoms with Crippen LogP contribution < -0.4 is 11.0 Å². The van der Waals surface area contributed by atoms with Gasteiger partial charge in [0.1, 0.15) is 4.83 Å². The van der Waals surface area contributed by atoms with Gasteiger partial charge in [0, 0.05) is 16.5 Å². The molecular formula is C21H15N5O2S2. The minimum absolute atomic E-state index is 0.298. The fraction of sp³-hybridized carbons (Fsp3) is 0.0476. The first-order valence-electron chi connectivity index (χ1n) is 9.05. The zero-order valence-corrected chi connectivity index (χ0v) is 17.4. The highest BCUT2D eigenvalue weighted by Crippen LogP contribution is 2.38. The third kappa shape index (κ3) is 3.00. The fourth-order valence-electron chi connectivity index (χ4n) is 3.22. The molecule has 4 heterocycles. The van der Waals surface area contributed by atoms with E-state index in [0.29, 0.717) is 22.6 Å². The number of hydrazine groups is 2. The highest BCUT2D eigenvalue weighted by Gasteiger charge is 2.34. The summed E-state index contributed by atoms with van der Waals surface area (Å²) in [4.78, 5) is 36.8. The number of hydrogen-bond donors (Lipinski definition) is 1. The van der Waals surface area contributed by atoms with Crippen LogP contribution in [0.3, 0.4) is 0 Å². The van der Waals surface area contributed by atoms with Crippen LogP contribution in [0.15, 0.2) is 65.6 Å². The second kappa shape index (κ2) is 7.13. The van der Waals surface area contributed by atoms with E-state index in [-0.39, 0.29) is 0 Å². The normalized spacial score (nSPS) is 13.9. The Morgan fingerprint density at radius 2 is 1.83 bits per heavy atom. The number of carbonyl (C=O) groups is 2. The zero-order chi connectivity index (χ0) is 20.8. The Bertz CT molecular complexity index is 1310. The summed E-state index contributed by atoms with van der Waals surface area (Å²) in [5.41, 5.74) is 1.37. The van der Waals surface area contributed by atoms with Crippen molar-refractivity contribution in [3.63, 3.8) is 0 Å². The van der Waals surface area contributed by atoms with Gasteiger partial charge in [-0.15, -0.1) is 22.7 Å². The summed E-state index contributed by atoms with van der Waals surface area (Å²) in [7, 11) is 0. The number of amides is 2. The first-order valence-corrected chi connectivity index (χ1v) is 10.7. The SMILES string of the molecule is CC1=CC(=O)N(N(N)c2nc(-c3cccs3)nc3sc(-c4ccccc4)cc23)C1=O. The van der Waals surface area contributed by atoms with Crippen molar-refractivity contribution >= 4 is 50.5 Å². The zero-order valence-electron chi connectivity index (χ0n) is 15.8. The lowest BCUT2D eigenvalue weighted by Gasteiger charge is -2.26. The number of nitrogens with two attached hydrogens (primary N) is 1. The third-order valence-corrected chi connectivity index (χ3v) is 6.63.